The molecule has 0 amide bonds. The Kier molecular flexibility index (Phi) is 12.5. The molecule has 0 unspecified atom stereocenters. The first-order chi connectivity index (χ1) is 12.9. The number of hydrogen-bond donors (Lipinski definition) is 3. The van der Waals surface area contributed by atoms with Crippen molar-refractivity contribution in [2.45, 2.75) is 20.3 Å². The van der Waals surface area contributed by atoms with E-state index in [0.717, 1.165) is 29.3 Å². The summed E-state index contributed by atoms with van der Waals surface area (Å²) in [7, 11) is 4.84. The number of anilines is 2. The maximum atomic E-state index is 10.5. The lowest BCUT2D eigenvalue weighted by Gasteiger charge is -2.12. The third-order valence-corrected chi connectivity index (χ3v) is 3.29. The molecule has 150 valence electrons. The molecule has 2 rings (SSSR count). The number of aliphatic hydroxyl groups is 1. The van der Waals surface area contributed by atoms with E-state index in [1.54, 1.807) is 22.9 Å². The predicted octanol–water partition coefficient (Wildman–Crippen LogP) is 2.71. The SMILES string of the molecule is CCC.CN(C)/C=C(\C=C/C=O)CNc1cc(N)nc2c(Br)cnn12.CO. The minimum atomic E-state index is 0.401. The van der Waals surface area contributed by atoms with Gasteiger partial charge < -0.3 is 21.1 Å². The molecule has 8 nitrogen and oxygen atoms in total. The van der Waals surface area contributed by atoms with Crippen molar-refractivity contribution >= 4 is 39.5 Å². The number of halogens is 1. The molecular weight excluding hydrogens is 412 g/mol. The predicted molar refractivity (Wildman–Crippen MR) is 115 cm³/mol. The molecule has 0 bridgehead atoms. The highest BCUT2D eigenvalue weighted by Gasteiger charge is 2.08. The topological polar surface area (TPSA) is 109 Å². The van der Waals surface area contributed by atoms with Crippen molar-refractivity contribution in [2.75, 3.05) is 38.8 Å². The van der Waals surface area contributed by atoms with Crippen molar-refractivity contribution in [3.8, 4) is 0 Å². The van der Waals surface area contributed by atoms with Gasteiger partial charge in [-0.1, -0.05) is 26.3 Å². The minimum Gasteiger partial charge on any atom is -0.400 e. The molecule has 0 saturated heterocycles. The lowest BCUT2D eigenvalue weighted by Crippen LogP contribution is -2.12. The largest absolute Gasteiger partial charge is 0.400 e. The van der Waals surface area contributed by atoms with Gasteiger partial charge in [-0.25, -0.2) is 4.98 Å². The number of nitrogens with two attached hydrogens (primary N) is 1. The van der Waals surface area contributed by atoms with Gasteiger partial charge in [-0.2, -0.15) is 9.61 Å². The Bertz CT molecular complexity index is 756. The number of hydrogen-bond acceptors (Lipinski definition) is 7. The fourth-order valence-corrected chi connectivity index (χ4v) is 2.26. The lowest BCUT2D eigenvalue weighted by molar-refractivity contribution is -0.104. The molecule has 0 fully saturated rings. The maximum absolute atomic E-state index is 10.5. The van der Waals surface area contributed by atoms with Gasteiger partial charge in [0.25, 0.3) is 0 Å². The van der Waals surface area contributed by atoms with Crippen LogP contribution in [-0.4, -0.2) is 58.6 Å². The van der Waals surface area contributed by atoms with Gasteiger partial charge >= 0.3 is 0 Å². The van der Waals surface area contributed by atoms with Gasteiger partial charge in [0, 0.05) is 40.0 Å². The van der Waals surface area contributed by atoms with E-state index in [2.05, 4.69) is 45.2 Å². The first-order valence-electron chi connectivity index (χ1n) is 8.40. The fraction of sp³-hybridized carbons (Fsp3) is 0.389. The third kappa shape index (κ3) is 8.69. The molecule has 0 aliphatic rings. The van der Waals surface area contributed by atoms with Crippen molar-refractivity contribution in [3.05, 3.63) is 40.7 Å². The fourth-order valence-electron chi connectivity index (χ4n) is 1.92. The van der Waals surface area contributed by atoms with Crippen molar-refractivity contribution in [3.63, 3.8) is 0 Å². The average molecular weight is 441 g/mol. The lowest BCUT2D eigenvalue weighted by atomic mass is 10.2. The smallest absolute Gasteiger partial charge is 0.173 e. The first kappa shape index (κ1) is 24.6. The Morgan fingerprint density at radius 3 is 2.59 bits per heavy atom. The summed E-state index contributed by atoms with van der Waals surface area (Å²) in [5, 5.41) is 14.5. The molecule has 2 aromatic rings. The van der Waals surface area contributed by atoms with Gasteiger partial charge in [-0.15, -0.1) is 0 Å². The highest BCUT2D eigenvalue weighted by Crippen LogP contribution is 2.21. The van der Waals surface area contributed by atoms with Crippen LogP contribution in [0.3, 0.4) is 0 Å². The van der Waals surface area contributed by atoms with Crippen LogP contribution < -0.4 is 11.1 Å². The molecular formula is C18H29BrN6O2. The van der Waals surface area contributed by atoms with Crippen LogP contribution in [0.5, 0.6) is 0 Å². The zero-order valence-corrected chi connectivity index (χ0v) is 18.1. The summed E-state index contributed by atoms with van der Waals surface area (Å²) in [5.74, 6) is 1.12. The van der Waals surface area contributed by atoms with E-state index in [1.807, 2.05) is 25.2 Å². The van der Waals surface area contributed by atoms with Crippen LogP contribution in [0, 0.1) is 0 Å². The Morgan fingerprint density at radius 1 is 1.41 bits per heavy atom. The van der Waals surface area contributed by atoms with Gasteiger partial charge in [0.1, 0.15) is 17.9 Å². The number of aromatic nitrogens is 3. The van der Waals surface area contributed by atoms with Crippen molar-refractivity contribution in [1.82, 2.24) is 19.5 Å². The van der Waals surface area contributed by atoms with Crippen LogP contribution in [0.15, 0.2) is 40.7 Å². The third-order valence-electron chi connectivity index (χ3n) is 2.74. The number of carbonyl (C=O) groups is 1. The Hall–Kier alpha value is -2.39. The van der Waals surface area contributed by atoms with Gasteiger partial charge in [0.05, 0.1) is 10.7 Å². The Labute approximate surface area is 168 Å². The van der Waals surface area contributed by atoms with Crippen LogP contribution in [0.1, 0.15) is 20.3 Å². The molecule has 0 aliphatic heterocycles. The standard InChI is InChI=1S/C14H17BrN6O.C3H8.CH4O/c1-20(2)9-10(4-3-5-22)7-17-13-6-12(16)19-14-11(15)8-18-21(13)14;1-3-2;1-2/h3-6,8-9,17H,7H2,1-2H3,(H2,16,19);3H2,1-2H3;2H,1H3/b4-3-,10-9+;;. The van der Waals surface area contributed by atoms with Crippen LogP contribution in [0.2, 0.25) is 0 Å². The van der Waals surface area contributed by atoms with Gasteiger partial charge in [-0.3, -0.25) is 4.79 Å². The second kappa shape index (κ2) is 13.8. The molecule has 0 atom stereocenters. The number of aliphatic hydroxyl groups excluding tert-OH is 1. The van der Waals surface area contributed by atoms with E-state index >= 15 is 0 Å². The van der Waals surface area contributed by atoms with Gasteiger partial charge in [-0.05, 0) is 27.6 Å². The summed E-state index contributed by atoms with van der Waals surface area (Å²) in [6.45, 7) is 4.76. The molecule has 0 saturated carbocycles. The Morgan fingerprint density at radius 2 is 2.04 bits per heavy atom. The van der Waals surface area contributed by atoms with E-state index in [0.29, 0.717) is 18.0 Å². The molecule has 0 aromatic carbocycles. The summed E-state index contributed by atoms with van der Waals surface area (Å²) in [5.41, 5.74) is 7.40. The summed E-state index contributed by atoms with van der Waals surface area (Å²) in [6.07, 6.45) is 8.79. The van der Waals surface area contributed by atoms with Crippen molar-refractivity contribution in [1.29, 1.82) is 0 Å². The number of nitrogens with one attached hydrogen (secondary N) is 1. The monoisotopic (exact) mass is 440 g/mol. The quantitative estimate of drug-likeness (QED) is 0.359. The van der Waals surface area contributed by atoms with Gasteiger partial charge in [0.15, 0.2) is 5.65 Å². The van der Waals surface area contributed by atoms with E-state index in [9.17, 15) is 4.79 Å². The van der Waals surface area contributed by atoms with E-state index in [4.69, 9.17) is 10.8 Å². The van der Waals surface area contributed by atoms with E-state index < -0.39 is 0 Å². The molecule has 4 N–H and O–H groups in total. The number of carbonyl (C=O) groups excluding carboxylic acids is 1. The zero-order valence-electron chi connectivity index (χ0n) is 16.5. The molecule has 2 aromatic heterocycles. The molecule has 0 radical (unpaired) electrons. The number of fused-ring (bicyclic) bond motifs is 1. The van der Waals surface area contributed by atoms with Crippen LogP contribution in [-0.2, 0) is 4.79 Å². The normalized spacial score (nSPS) is 10.7. The van der Waals surface area contributed by atoms with Crippen LogP contribution in [0.25, 0.3) is 5.65 Å². The number of nitrogens with zero attached hydrogens (tertiary/aromatic N) is 4. The van der Waals surface area contributed by atoms with Crippen LogP contribution >= 0.6 is 15.9 Å². The summed E-state index contributed by atoms with van der Waals surface area (Å²) >= 11 is 3.38. The van der Waals surface area contributed by atoms with Gasteiger partial charge in [0.2, 0.25) is 0 Å². The molecule has 9 heteroatoms. The number of rotatable bonds is 6. The van der Waals surface area contributed by atoms with Crippen molar-refractivity contribution < 1.29 is 9.90 Å². The van der Waals surface area contributed by atoms with E-state index in [-0.39, 0.29) is 0 Å². The number of nitrogen functional groups attached to an aromatic ring is 1. The highest BCUT2D eigenvalue weighted by atomic mass is 79.9. The average Bonchev–Trinajstić information content (AvgIpc) is 3.00. The Balaban J connectivity index is 0.00000123. The molecule has 0 aliphatic carbocycles. The zero-order chi connectivity index (χ0) is 20.8. The summed E-state index contributed by atoms with van der Waals surface area (Å²) in [4.78, 5) is 16.6. The number of aldehydes is 1. The first-order valence-corrected chi connectivity index (χ1v) is 9.19. The molecule has 27 heavy (non-hydrogen) atoms. The summed E-state index contributed by atoms with van der Waals surface area (Å²) in [6, 6.07) is 1.71. The second-order valence-corrected chi connectivity index (χ2v) is 6.37. The minimum absolute atomic E-state index is 0.401. The van der Waals surface area contributed by atoms with E-state index in [1.165, 1.54) is 12.5 Å². The number of allylic oxidation sites excluding steroid dienone is 1. The highest BCUT2D eigenvalue weighted by molar-refractivity contribution is 9.10. The second-order valence-electron chi connectivity index (χ2n) is 5.52. The molecule has 2 heterocycles. The van der Waals surface area contributed by atoms with Crippen molar-refractivity contribution in [2.24, 2.45) is 0 Å². The summed E-state index contributed by atoms with van der Waals surface area (Å²) < 4.78 is 2.43. The maximum Gasteiger partial charge on any atom is 0.173 e. The van der Waals surface area contributed by atoms with Crippen LogP contribution in [0.4, 0.5) is 11.6 Å². The molecule has 0 spiro atoms.